The van der Waals surface area contributed by atoms with Crippen LogP contribution in [0.15, 0.2) is 76.6 Å². The molecule has 0 N–H and O–H groups in total. The molecule has 48 heavy (non-hydrogen) atoms. The van der Waals surface area contributed by atoms with Gasteiger partial charge in [-0.1, -0.05) is 68.0 Å². The number of rotatable bonds is 13. The van der Waals surface area contributed by atoms with Crippen LogP contribution in [0, 0.1) is 12.7 Å². The maximum atomic E-state index is 15.0. The summed E-state index contributed by atoms with van der Waals surface area (Å²) in [6.07, 6.45) is -4.22. The van der Waals surface area contributed by atoms with E-state index in [0.717, 1.165) is 53.4 Å². The average Bonchev–Trinajstić information content (AvgIpc) is 3.64. The molecule has 0 saturated heterocycles. The van der Waals surface area contributed by atoms with Crippen LogP contribution in [0.5, 0.6) is 0 Å². The molecule has 6 nitrogen and oxygen atoms in total. The Morgan fingerprint density at radius 1 is 1.02 bits per heavy atom. The topological polar surface area (TPSA) is 58.4 Å². The van der Waals surface area contributed by atoms with Crippen molar-refractivity contribution in [2.45, 2.75) is 70.1 Å². The Labute approximate surface area is 298 Å². The number of carbonyl (C=O) groups is 1. The number of alkyl halides is 3. The summed E-state index contributed by atoms with van der Waals surface area (Å²) in [5, 5.41) is -0.636. The number of benzene rings is 3. The Kier molecular flexibility index (Phi) is 7.56. The van der Waals surface area contributed by atoms with E-state index in [0.29, 0.717) is 11.0 Å². The van der Waals surface area contributed by atoms with Gasteiger partial charge >= 0.3 is 6.18 Å². The third-order valence-electron chi connectivity index (χ3n) is 7.64. The normalized spacial score (nSPS) is 17.4. The number of hydrogen-bond donors (Lipinski definition) is 0. The number of fused-ring (bicyclic) bond motifs is 1. The van der Waals surface area contributed by atoms with Gasteiger partial charge in [0, 0.05) is 42.0 Å². The lowest BCUT2D eigenvalue weighted by molar-refractivity contribution is -0.137. The Morgan fingerprint density at radius 3 is 2.40 bits per heavy atom. The van der Waals surface area contributed by atoms with Gasteiger partial charge in [-0.2, -0.15) is 18.2 Å². The molecular formula is C37H40F4N4O2S. The van der Waals surface area contributed by atoms with Gasteiger partial charge in [0.25, 0.3) is 5.56 Å². The number of aromatic nitrogens is 2. The van der Waals surface area contributed by atoms with Crippen LogP contribution in [0.1, 0.15) is 68.9 Å². The molecule has 1 aliphatic rings. The van der Waals surface area contributed by atoms with E-state index in [1.807, 2.05) is 0 Å². The summed E-state index contributed by atoms with van der Waals surface area (Å²) in [6.45, 7) is -6.96. The summed E-state index contributed by atoms with van der Waals surface area (Å²) < 4.78 is 154. The minimum atomic E-state index is -4.67. The number of carbonyl (C=O) groups excluding carboxylic acids is 1. The molecule has 0 saturated carbocycles. The minimum absolute atomic E-state index is 0.0146. The van der Waals surface area contributed by atoms with E-state index < -0.39 is 89.6 Å². The number of thioether (sulfide) groups is 1. The van der Waals surface area contributed by atoms with Crippen molar-refractivity contribution >= 4 is 17.7 Å². The number of amides is 1. The molecule has 1 amide bonds. The Hall–Kier alpha value is -3.96. The molecule has 1 aromatic heterocycles. The second-order valence-corrected chi connectivity index (χ2v) is 11.6. The molecule has 254 valence electrons. The van der Waals surface area contributed by atoms with E-state index in [2.05, 4.69) is 4.98 Å². The van der Waals surface area contributed by atoms with Gasteiger partial charge in [-0.25, -0.2) is 4.39 Å². The third-order valence-corrected chi connectivity index (χ3v) is 8.43. The van der Waals surface area contributed by atoms with Crippen molar-refractivity contribution in [3.8, 4) is 11.1 Å². The molecule has 0 bridgehead atoms. The summed E-state index contributed by atoms with van der Waals surface area (Å²) in [6, 6.07) is 5.98. The first-order chi connectivity index (χ1) is 27.2. The Bertz CT molecular complexity index is 2280. The smallest absolute Gasteiger partial charge is 0.336 e. The number of nitrogens with zero attached hydrogens (tertiary/aromatic N) is 4. The highest BCUT2D eigenvalue weighted by Crippen LogP contribution is 2.32. The fourth-order valence-electron chi connectivity index (χ4n) is 5.07. The van der Waals surface area contributed by atoms with Crippen molar-refractivity contribution in [1.82, 2.24) is 19.4 Å². The Balaban J connectivity index is 1.71. The van der Waals surface area contributed by atoms with Gasteiger partial charge in [0.05, 0.1) is 15.2 Å². The van der Waals surface area contributed by atoms with Crippen LogP contribution < -0.4 is 5.56 Å². The molecule has 0 radical (unpaired) electrons. The molecule has 1 heterocycles. The first-order valence-corrected chi connectivity index (χ1v) is 16.0. The second kappa shape index (κ2) is 15.5. The highest BCUT2D eigenvalue weighted by atomic mass is 32.2. The van der Waals surface area contributed by atoms with Crippen molar-refractivity contribution < 1.29 is 37.4 Å². The van der Waals surface area contributed by atoms with Crippen LogP contribution in [0.4, 0.5) is 17.6 Å². The predicted molar refractivity (Wildman–Crippen MR) is 181 cm³/mol. The van der Waals surface area contributed by atoms with Gasteiger partial charge in [0.1, 0.15) is 12.3 Å². The van der Waals surface area contributed by atoms with Crippen molar-refractivity contribution in [3.05, 3.63) is 116 Å². The van der Waals surface area contributed by atoms with Gasteiger partial charge in [0.2, 0.25) is 5.91 Å². The fourth-order valence-corrected chi connectivity index (χ4v) is 5.79. The predicted octanol–water partition coefficient (Wildman–Crippen LogP) is 7.53. The zero-order valence-electron chi connectivity index (χ0n) is 37.4. The quantitative estimate of drug-likeness (QED) is 0.0825. The first-order valence-electron chi connectivity index (χ1n) is 20.7. The van der Waals surface area contributed by atoms with Crippen molar-refractivity contribution in [2.24, 2.45) is 0 Å². The molecule has 0 spiro atoms. The van der Waals surface area contributed by atoms with Crippen molar-refractivity contribution in [3.63, 3.8) is 0 Å². The summed E-state index contributed by atoms with van der Waals surface area (Å²) >= 11 is 0.236. The van der Waals surface area contributed by atoms with E-state index in [-0.39, 0.29) is 76.1 Å². The lowest BCUT2D eigenvalue weighted by atomic mass is 9.97. The lowest BCUT2D eigenvalue weighted by Crippen LogP contribution is -2.40. The largest absolute Gasteiger partial charge is 0.416 e. The zero-order chi connectivity index (χ0) is 44.2. The van der Waals surface area contributed by atoms with Gasteiger partial charge in [0.15, 0.2) is 5.16 Å². The van der Waals surface area contributed by atoms with E-state index >= 15 is 0 Å². The molecule has 1 aliphatic carbocycles. The highest BCUT2D eigenvalue weighted by molar-refractivity contribution is 7.98. The third kappa shape index (κ3) is 8.54. The van der Waals surface area contributed by atoms with Crippen LogP contribution >= 0.6 is 11.8 Å². The standard InChI is InChI=1S/C37H40F4N4O2S/c1-4-43(5-2)19-20-44(22-27-11-18-31(25(3)21-27)28-12-14-29(15-13-28)37(39,40)41)34(46)23-45-33-8-6-7-32(33)35(47)42-36(45)48-24-26-9-16-30(38)17-10-26/h9-18,21H,4-8,19-20,22-24H2,1-3H3/i11D,18D,19D2,20D2,21D,23D2,24D2. The first kappa shape index (κ1) is 23.4. The molecule has 11 heteroatoms. The lowest BCUT2D eigenvalue weighted by Gasteiger charge is -2.28. The van der Waals surface area contributed by atoms with Crippen LogP contribution in [-0.2, 0) is 42.6 Å². The summed E-state index contributed by atoms with van der Waals surface area (Å²) in [5.74, 6) is -2.44. The second-order valence-electron chi connectivity index (χ2n) is 10.9. The van der Waals surface area contributed by atoms with E-state index in [4.69, 9.17) is 9.60 Å². The summed E-state index contributed by atoms with van der Waals surface area (Å²) in [4.78, 5) is 33.4. The van der Waals surface area contributed by atoms with E-state index in [9.17, 15) is 32.6 Å². The summed E-state index contributed by atoms with van der Waals surface area (Å²) in [5.41, 5.74) is -5.02. The molecule has 0 atom stereocenters. The van der Waals surface area contributed by atoms with Gasteiger partial charge in [-0.15, -0.1) is 0 Å². The number of likely N-dealkylation sites (N-methyl/N-ethyl adjacent to an activating group) is 1. The molecule has 5 rings (SSSR count). The highest BCUT2D eigenvalue weighted by Gasteiger charge is 2.30. The molecule has 0 unspecified atom stereocenters. The summed E-state index contributed by atoms with van der Waals surface area (Å²) in [7, 11) is 0. The van der Waals surface area contributed by atoms with Gasteiger partial charge in [-0.3, -0.25) is 9.59 Å². The van der Waals surface area contributed by atoms with E-state index in [1.54, 1.807) is 0 Å². The molecule has 0 aliphatic heterocycles. The monoisotopic (exact) mass is 691 g/mol. The maximum Gasteiger partial charge on any atom is 0.416 e. The van der Waals surface area contributed by atoms with Crippen LogP contribution in [-0.4, -0.2) is 51.3 Å². The average molecular weight is 692 g/mol. The van der Waals surface area contributed by atoms with Crippen LogP contribution in [0.2, 0.25) is 0 Å². The molecule has 4 aromatic rings. The fraction of sp³-hybridized carbons (Fsp3) is 0.378. The van der Waals surface area contributed by atoms with Gasteiger partial charge < -0.3 is 14.4 Å². The SMILES string of the molecule is [2H]c1c([2H])c(-c2ccc(C(F)(F)F)cc2)c(C)c([2H])c1CN(C(=O)C([2H])([2H])n1c(SC([2H])([2H])c2ccc(F)cc2)nc(=O)c2c1CCC2)C([2H])([2H])C([2H])([2H])N(CC)CC. The minimum Gasteiger partial charge on any atom is -0.336 e. The van der Waals surface area contributed by atoms with Crippen molar-refractivity contribution in [1.29, 1.82) is 0 Å². The van der Waals surface area contributed by atoms with Gasteiger partial charge in [-0.05, 0) is 91.4 Å². The molecular weight excluding hydrogens is 640 g/mol. The molecule has 3 aromatic carbocycles. The number of hydrogen-bond acceptors (Lipinski definition) is 5. The van der Waals surface area contributed by atoms with Crippen LogP contribution in [0.3, 0.4) is 0 Å². The Morgan fingerprint density at radius 2 is 1.73 bits per heavy atom. The van der Waals surface area contributed by atoms with Crippen molar-refractivity contribution in [2.75, 3.05) is 26.1 Å². The molecule has 0 fully saturated rings. The maximum absolute atomic E-state index is 15.0. The van der Waals surface area contributed by atoms with Crippen LogP contribution in [0.25, 0.3) is 11.1 Å². The zero-order valence-corrected chi connectivity index (χ0v) is 27.2. The number of halogens is 4. The van der Waals surface area contributed by atoms with E-state index in [1.165, 1.54) is 20.8 Å².